The summed E-state index contributed by atoms with van der Waals surface area (Å²) in [6.45, 7) is 10.7. The van der Waals surface area contributed by atoms with Gasteiger partial charge in [-0.1, -0.05) is 27.7 Å². The van der Waals surface area contributed by atoms with Gasteiger partial charge >= 0.3 is 0 Å². The van der Waals surface area contributed by atoms with Crippen LogP contribution >= 0.6 is 0 Å². The number of anilines is 1. The molecule has 22 heavy (non-hydrogen) atoms. The van der Waals surface area contributed by atoms with Gasteiger partial charge in [-0.05, 0) is 49.9 Å². The lowest BCUT2D eigenvalue weighted by Gasteiger charge is -2.32. The molecule has 0 bridgehead atoms. The van der Waals surface area contributed by atoms with Crippen LogP contribution in [-0.2, 0) is 4.79 Å². The molecule has 1 heterocycles. The molecular formula is C19H28N2O. The van der Waals surface area contributed by atoms with Crippen molar-refractivity contribution in [2.75, 3.05) is 4.90 Å². The molecule has 2 unspecified atom stereocenters. The lowest BCUT2D eigenvalue weighted by Crippen LogP contribution is -2.42. The number of carbonyl (C=O) groups is 1. The first kappa shape index (κ1) is 16.6. The van der Waals surface area contributed by atoms with Gasteiger partial charge in [0.2, 0.25) is 5.91 Å². The Morgan fingerprint density at radius 2 is 1.91 bits per heavy atom. The number of fused-ring (bicyclic) bond motifs is 1. The minimum atomic E-state index is 0.0523. The van der Waals surface area contributed by atoms with E-state index in [2.05, 4.69) is 56.9 Å². The number of rotatable bonds is 6. The Kier molecular flexibility index (Phi) is 5.28. The molecule has 1 aromatic heterocycles. The highest BCUT2D eigenvalue weighted by atomic mass is 16.2. The standard InChI is InChI=1S/C19H28N2O/c1-6-14(4)19(22)21(15(5)11-13(2)3)17-7-8-18-16(12-17)9-10-20-18/h7-10,12-15,20H,6,11H2,1-5H3. The van der Waals surface area contributed by atoms with Gasteiger partial charge in [0, 0.05) is 34.7 Å². The molecule has 2 atom stereocenters. The van der Waals surface area contributed by atoms with Crippen molar-refractivity contribution in [1.82, 2.24) is 4.98 Å². The van der Waals surface area contributed by atoms with Gasteiger partial charge in [0.15, 0.2) is 0 Å². The normalized spacial score (nSPS) is 14.3. The molecule has 0 fully saturated rings. The predicted octanol–water partition coefficient (Wildman–Crippen LogP) is 4.98. The molecule has 0 aliphatic rings. The maximum Gasteiger partial charge on any atom is 0.230 e. The summed E-state index contributed by atoms with van der Waals surface area (Å²) in [5, 5.41) is 1.15. The first-order chi connectivity index (χ1) is 10.4. The fourth-order valence-corrected chi connectivity index (χ4v) is 2.99. The monoisotopic (exact) mass is 300 g/mol. The summed E-state index contributed by atoms with van der Waals surface area (Å²) in [6, 6.07) is 8.48. The second-order valence-electron chi connectivity index (χ2n) is 6.75. The van der Waals surface area contributed by atoms with E-state index in [1.807, 2.05) is 18.0 Å². The number of benzene rings is 1. The average Bonchev–Trinajstić information content (AvgIpc) is 2.93. The van der Waals surface area contributed by atoms with Crippen LogP contribution < -0.4 is 4.90 Å². The van der Waals surface area contributed by atoms with Crippen molar-refractivity contribution in [1.29, 1.82) is 0 Å². The molecule has 1 N–H and O–H groups in total. The minimum absolute atomic E-state index is 0.0523. The summed E-state index contributed by atoms with van der Waals surface area (Å²) >= 11 is 0. The van der Waals surface area contributed by atoms with Crippen LogP contribution in [-0.4, -0.2) is 16.9 Å². The number of carbonyl (C=O) groups excluding carboxylic acids is 1. The zero-order valence-corrected chi connectivity index (χ0v) is 14.4. The number of nitrogens with zero attached hydrogens (tertiary/aromatic N) is 1. The van der Waals surface area contributed by atoms with Gasteiger partial charge in [0.05, 0.1) is 0 Å². The van der Waals surface area contributed by atoms with E-state index < -0.39 is 0 Å². The van der Waals surface area contributed by atoms with E-state index in [1.165, 1.54) is 0 Å². The van der Waals surface area contributed by atoms with Crippen molar-refractivity contribution in [3.8, 4) is 0 Å². The second kappa shape index (κ2) is 6.99. The number of aromatic nitrogens is 1. The Morgan fingerprint density at radius 3 is 2.55 bits per heavy atom. The number of hydrogen-bond donors (Lipinski definition) is 1. The maximum atomic E-state index is 12.9. The summed E-state index contributed by atoms with van der Waals surface area (Å²) in [4.78, 5) is 18.1. The number of hydrogen-bond acceptors (Lipinski definition) is 1. The van der Waals surface area contributed by atoms with Crippen molar-refractivity contribution in [3.05, 3.63) is 30.5 Å². The van der Waals surface area contributed by atoms with Crippen LogP contribution in [0.3, 0.4) is 0 Å². The van der Waals surface area contributed by atoms with E-state index in [0.29, 0.717) is 5.92 Å². The Balaban J connectivity index is 2.39. The van der Waals surface area contributed by atoms with Crippen LogP contribution in [0.25, 0.3) is 10.9 Å². The molecule has 3 heteroatoms. The Bertz CT molecular complexity index is 629. The highest BCUT2D eigenvalue weighted by Crippen LogP contribution is 2.27. The second-order valence-corrected chi connectivity index (χ2v) is 6.75. The van der Waals surface area contributed by atoms with Gasteiger partial charge in [0.1, 0.15) is 0 Å². The van der Waals surface area contributed by atoms with E-state index >= 15 is 0 Å². The third-order valence-electron chi connectivity index (χ3n) is 4.34. The van der Waals surface area contributed by atoms with Crippen molar-refractivity contribution in [2.45, 2.75) is 53.5 Å². The molecule has 2 aromatic rings. The van der Waals surface area contributed by atoms with Gasteiger partial charge in [0.25, 0.3) is 0 Å². The smallest absolute Gasteiger partial charge is 0.230 e. The van der Waals surface area contributed by atoms with Gasteiger partial charge < -0.3 is 9.88 Å². The molecule has 0 aliphatic heterocycles. The molecule has 1 amide bonds. The molecule has 0 spiro atoms. The fraction of sp³-hybridized carbons (Fsp3) is 0.526. The van der Waals surface area contributed by atoms with E-state index in [-0.39, 0.29) is 17.9 Å². The third-order valence-corrected chi connectivity index (χ3v) is 4.34. The molecule has 0 saturated heterocycles. The van der Waals surface area contributed by atoms with E-state index in [9.17, 15) is 4.79 Å². The number of nitrogens with one attached hydrogen (secondary N) is 1. The minimum Gasteiger partial charge on any atom is -0.361 e. The van der Waals surface area contributed by atoms with Crippen molar-refractivity contribution < 1.29 is 4.79 Å². The summed E-state index contributed by atoms with van der Waals surface area (Å²) in [5.41, 5.74) is 2.11. The average molecular weight is 300 g/mol. The van der Waals surface area contributed by atoms with E-state index in [1.54, 1.807) is 0 Å². The largest absolute Gasteiger partial charge is 0.361 e. The van der Waals surface area contributed by atoms with Gasteiger partial charge in [-0.25, -0.2) is 0 Å². The van der Waals surface area contributed by atoms with Crippen LogP contribution in [0.1, 0.15) is 47.5 Å². The molecule has 1 aromatic carbocycles. The first-order valence-electron chi connectivity index (χ1n) is 8.34. The third kappa shape index (κ3) is 3.52. The first-order valence-corrected chi connectivity index (χ1v) is 8.34. The fourth-order valence-electron chi connectivity index (χ4n) is 2.99. The summed E-state index contributed by atoms with van der Waals surface area (Å²) < 4.78 is 0. The van der Waals surface area contributed by atoms with Crippen molar-refractivity contribution in [2.24, 2.45) is 11.8 Å². The summed E-state index contributed by atoms with van der Waals surface area (Å²) in [7, 11) is 0. The van der Waals surface area contributed by atoms with Crippen LogP contribution in [0, 0.1) is 11.8 Å². The van der Waals surface area contributed by atoms with Crippen molar-refractivity contribution >= 4 is 22.5 Å². The van der Waals surface area contributed by atoms with Crippen LogP contribution in [0.4, 0.5) is 5.69 Å². The summed E-state index contributed by atoms with van der Waals surface area (Å²) in [6.07, 6.45) is 3.82. The summed E-state index contributed by atoms with van der Waals surface area (Å²) in [5.74, 6) is 0.847. The molecule has 120 valence electrons. The van der Waals surface area contributed by atoms with Crippen molar-refractivity contribution in [3.63, 3.8) is 0 Å². The number of H-pyrrole nitrogens is 1. The van der Waals surface area contributed by atoms with Crippen LogP contribution in [0.15, 0.2) is 30.5 Å². The molecular weight excluding hydrogens is 272 g/mol. The SMILES string of the molecule is CCC(C)C(=O)N(c1ccc2[nH]ccc2c1)C(C)CC(C)C. The molecule has 2 rings (SSSR count). The highest BCUT2D eigenvalue weighted by Gasteiger charge is 2.26. The number of amides is 1. The molecule has 0 radical (unpaired) electrons. The maximum absolute atomic E-state index is 12.9. The Hall–Kier alpha value is -1.77. The molecule has 0 aliphatic carbocycles. The number of aromatic amines is 1. The quantitative estimate of drug-likeness (QED) is 0.802. The zero-order valence-electron chi connectivity index (χ0n) is 14.4. The van der Waals surface area contributed by atoms with E-state index in [0.717, 1.165) is 29.4 Å². The van der Waals surface area contributed by atoms with Gasteiger partial charge in [-0.2, -0.15) is 0 Å². The molecule has 0 saturated carbocycles. The van der Waals surface area contributed by atoms with Gasteiger partial charge in [-0.3, -0.25) is 4.79 Å². The Morgan fingerprint density at radius 1 is 1.18 bits per heavy atom. The lowest BCUT2D eigenvalue weighted by atomic mass is 10.00. The van der Waals surface area contributed by atoms with Gasteiger partial charge in [-0.15, -0.1) is 0 Å². The van der Waals surface area contributed by atoms with Crippen LogP contribution in [0.2, 0.25) is 0 Å². The van der Waals surface area contributed by atoms with Crippen LogP contribution in [0.5, 0.6) is 0 Å². The van der Waals surface area contributed by atoms with E-state index in [4.69, 9.17) is 0 Å². The molecule has 3 nitrogen and oxygen atoms in total. The highest BCUT2D eigenvalue weighted by molar-refractivity contribution is 5.97. The lowest BCUT2D eigenvalue weighted by molar-refractivity contribution is -0.122. The predicted molar refractivity (Wildman–Crippen MR) is 94.2 cm³/mol. The topological polar surface area (TPSA) is 36.1 Å². The Labute approximate surface area is 133 Å². The zero-order chi connectivity index (χ0) is 16.3.